The highest BCUT2D eigenvalue weighted by atomic mass is 16.5. The number of fused-ring (bicyclic) bond motifs is 1. The number of ether oxygens (including phenoxy) is 1. The lowest BCUT2D eigenvalue weighted by Crippen LogP contribution is -2.40. The highest BCUT2D eigenvalue weighted by molar-refractivity contribution is 5.99. The summed E-state index contributed by atoms with van der Waals surface area (Å²) in [7, 11) is 0. The molecule has 2 fully saturated rings. The molecule has 0 radical (unpaired) electrons. The van der Waals surface area contributed by atoms with Gasteiger partial charge in [0.25, 0.3) is 5.91 Å². The molecule has 122 valence electrons. The fraction of sp³-hybridized carbons (Fsp3) is 0.579. The van der Waals surface area contributed by atoms with Gasteiger partial charge in [-0.2, -0.15) is 0 Å². The number of Topliss-reactive ketones (excluding diaryl/α,β-unsaturated/α-hetero) is 1. The molecule has 4 rings (SSSR count). The van der Waals surface area contributed by atoms with Crippen molar-refractivity contribution in [1.29, 1.82) is 0 Å². The van der Waals surface area contributed by atoms with Gasteiger partial charge in [-0.25, -0.2) is 0 Å². The molecule has 1 N–H and O–H groups in total. The predicted octanol–water partition coefficient (Wildman–Crippen LogP) is 2.89. The molecule has 23 heavy (non-hydrogen) atoms. The van der Waals surface area contributed by atoms with Gasteiger partial charge in [-0.1, -0.05) is 12.1 Å². The van der Waals surface area contributed by atoms with Crippen LogP contribution in [-0.4, -0.2) is 24.3 Å². The minimum absolute atomic E-state index is 0.0338. The third-order valence-corrected chi connectivity index (χ3v) is 5.21. The number of carbonyl (C=O) groups is 2. The summed E-state index contributed by atoms with van der Waals surface area (Å²) in [6, 6.07) is 5.92. The van der Waals surface area contributed by atoms with Crippen LogP contribution < -0.4 is 10.1 Å². The minimum Gasteiger partial charge on any atom is -0.483 e. The number of hydrogen-bond donors (Lipinski definition) is 1. The first kappa shape index (κ1) is 14.7. The summed E-state index contributed by atoms with van der Waals surface area (Å²) in [5.41, 5.74) is 1.74. The molecule has 4 heteroatoms. The van der Waals surface area contributed by atoms with Crippen LogP contribution in [0, 0.1) is 11.8 Å². The van der Waals surface area contributed by atoms with E-state index in [0.29, 0.717) is 30.0 Å². The molecular weight excluding hydrogens is 290 g/mol. The highest BCUT2D eigenvalue weighted by Crippen LogP contribution is 2.44. The van der Waals surface area contributed by atoms with Gasteiger partial charge in [-0.15, -0.1) is 0 Å². The summed E-state index contributed by atoms with van der Waals surface area (Å²) in [6.45, 7) is 0.0422. The van der Waals surface area contributed by atoms with Crippen molar-refractivity contribution in [3.63, 3.8) is 0 Å². The molecule has 0 unspecified atom stereocenters. The Morgan fingerprint density at radius 3 is 2.61 bits per heavy atom. The Bertz CT molecular complexity index is 620. The Balaban J connectivity index is 1.38. The van der Waals surface area contributed by atoms with Crippen LogP contribution in [-0.2, 0) is 11.2 Å². The van der Waals surface area contributed by atoms with E-state index >= 15 is 0 Å². The zero-order valence-electron chi connectivity index (χ0n) is 13.3. The Hall–Kier alpha value is -1.84. The second kappa shape index (κ2) is 5.99. The zero-order chi connectivity index (χ0) is 15.8. The number of ketones is 1. The Kier molecular flexibility index (Phi) is 3.83. The average Bonchev–Trinajstić information content (AvgIpc) is 3.45. The first-order valence-electron chi connectivity index (χ1n) is 8.79. The number of carbonyl (C=O) groups excluding carboxylic acids is 2. The summed E-state index contributed by atoms with van der Waals surface area (Å²) in [5, 5.41) is 3.17. The van der Waals surface area contributed by atoms with Gasteiger partial charge < -0.3 is 10.1 Å². The largest absolute Gasteiger partial charge is 0.483 e. The number of rotatable bonds is 6. The lowest BCUT2D eigenvalue weighted by atomic mass is 9.90. The molecule has 0 saturated heterocycles. The van der Waals surface area contributed by atoms with Crippen molar-refractivity contribution in [2.45, 2.75) is 51.0 Å². The number of nitrogens with one attached hydrogen (secondary N) is 1. The maximum absolute atomic E-state index is 12.2. The zero-order valence-corrected chi connectivity index (χ0v) is 13.3. The van der Waals surface area contributed by atoms with Crippen LogP contribution in [0.2, 0.25) is 0 Å². The van der Waals surface area contributed by atoms with Gasteiger partial charge in [0.05, 0.1) is 0 Å². The second-order valence-electron chi connectivity index (χ2n) is 7.12. The molecule has 0 heterocycles. The summed E-state index contributed by atoms with van der Waals surface area (Å²) < 4.78 is 5.75. The van der Waals surface area contributed by atoms with Gasteiger partial charge >= 0.3 is 0 Å². The van der Waals surface area contributed by atoms with Crippen LogP contribution in [0.25, 0.3) is 0 Å². The van der Waals surface area contributed by atoms with E-state index in [2.05, 4.69) is 5.32 Å². The molecule has 1 aromatic rings. The fourth-order valence-electron chi connectivity index (χ4n) is 3.68. The molecule has 0 aliphatic heterocycles. The Morgan fingerprint density at radius 1 is 1.17 bits per heavy atom. The lowest BCUT2D eigenvalue weighted by Gasteiger charge is -2.20. The van der Waals surface area contributed by atoms with E-state index in [1.165, 1.54) is 25.7 Å². The van der Waals surface area contributed by atoms with E-state index in [4.69, 9.17) is 4.74 Å². The van der Waals surface area contributed by atoms with Gasteiger partial charge in [-0.3, -0.25) is 9.59 Å². The van der Waals surface area contributed by atoms with Crippen molar-refractivity contribution in [2.24, 2.45) is 11.8 Å². The van der Waals surface area contributed by atoms with Gasteiger partial charge in [0, 0.05) is 23.6 Å². The average molecular weight is 313 g/mol. The molecule has 4 nitrogen and oxygen atoms in total. The summed E-state index contributed by atoms with van der Waals surface area (Å²) in [6.07, 6.45) is 7.32. The smallest absolute Gasteiger partial charge is 0.258 e. The molecule has 3 aliphatic carbocycles. The number of hydrogen-bond acceptors (Lipinski definition) is 3. The predicted molar refractivity (Wildman–Crippen MR) is 86.6 cm³/mol. The number of benzene rings is 1. The molecule has 3 aliphatic rings. The van der Waals surface area contributed by atoms with E-state index in [9.17, 15) is 9.59 Å². The summed E-state index contributed by atoms with van der Waals surface area (Å²) >= 11 is 0. The van der Waals surface area contributed by atoms with Crippen molar-refractivity contribution in [3.8, 4) is 5.75 Å². The number of amides is 1. The molecule has 0 aromatic heterocycles. The minimum atomic E-state index is -0.0338. The van der Waals surface area contributed by atoms with Gasteiger partial charge in [0.15, 0.2) is 12.4 Å². The van der Waals surface area contributed by atoms with Crippen molar-refractivity contribution in [3.05, 3.63) is 29.3 Å². The quantitative estimate of drug-likeness (QED) is 0.878. The SMILES string of the molecule is O=C(COc1cccc2c1CCCC2=O)NC(C1CC1)C1CC1. The molecule has 0 spiro atoms. The van der Waals surface area contributed by atoms with E-state index in [1.54, 1.807) is 0 Å². The van der Waals surface area contributed by atoms with E-state index in [1.807, 2.05) is 18.2 Å². The Morgan fingerprint density at radius 2 is 1.91 bits per heavy atom. The lowest BCUT2D eigenvalue weighted by molar-refractivity contribution is -0.124. The van der Waals surface area contributed by atoms with Crippen LogP contribution in [0.1, 0.15) is 54.4 Å². The standard InChI is InChI=1S/C19H23NO3/c21-16-5-1-4-15-14(16)3-2-6-17(15)23-11-18(22)20-19(12-7-8-12)13-9-10-13/h2-3,6,12-13,19H,1,4-5,7-11H2,(H,20,22). The molecule has 0 bridgehead atoms. The first-order chi connectivity index (χ1) is 11.2. The second-order valence-corrected chi connectivity index (χ2v) is 7.12. The molecule has 1 amide bonds. The van der Waals surface area contributed by atoms with Crippen molar-refractivity contribution in [2.75, 3.05) is 6.61 Å². The van der Waals surface area contributed by atoms with Crippen molar-refractivity contribution in [1.82, 2.24) is 5.32 Å². The molecular formula is C19H23NO3. The van der Waals surface area contributed by atoms with Crippen LogP contribution in [0.15, 0.2) is 18.2 Å². The van der Waals surface area contributed by atoms with Crippen LogP contribution >= 0.6 is 0 Å². The molecule has 2 saturated carbocycles. The maximum Gasteiger partial charge on any atom is 0.258 e. The van der Waals surface area contributed by atoms with E-state index in [0.717, 1.165) is 24.0 Å². The maximum atomic E-state index is 12.2. The molecule has 1 aromatic carbocycles. The van der Waals surface area contributed by atoms with E-state index in [-0.39, 0.29) is 18.3 Å². The third-order valence-electron chi connectivity index (χ3n) is 5.21. The topological polar surface area (TPSA) is 55.4 Å². The monoisotopic (exact) mass is 313 g/mol. The first-order valence-corrected chi connectivity index (χ1v) is 8.79. The summed E-state index contributed by atoms with van der Waals surface area (Å²) in [5.74, 6) is 2.22. The van der Waals surface area contributed by atoms with Crippen molar-refractivity contribution >= 4 is 11.7 Å². The fourth-order valence-corrected chi connectivity index (χ4v) is 3.68. The Labute approximate surface area is 136 Å². The van der Waals surface area contributed by atoms with Crippen LogP contribution in [0.5, 0.6) is 5.75 Å². The van der Waals surface area contributed by atoms with Crippen LogP contribution in [0.4, 0.5) is 0 Å². The van der Waals surface area contributed by atoms with Crippen molar-refractivity contribution < 1.29 is 14.3 Å². The van der Waals surface area contributed by atoms with Gasteiger partial charge in [-0.05, 0) is 56.4 Å². The summed E-state index contributed by atoms with van der Waals surface area (Å²) in [4.78, 5) is 24.2. The normalized spacial score (nSPS) is 20.3. The third kappa shape index (κ3) is 3.26. The van der Waals surface area contributed by atoms with E-state index < -0.39 is 0 Å². The van der Waals surface area contributed by atoms with Gasteiger partial charge in [0.1, 0.15) is 5.75 Å². The van der Waals surface area contributed by atoms with Gasteiger partial charge in [0.2, 0.25) is 0 Å². The van der Waals surface area contributed by atoms with Crippen LogP contribution in [0.3, 0.4) is 0 Å². The highest BCUT2D eigenvalue weighted by Gasteiger charge is 2.42. The molecule has 0 atom stereocenters.